The highest BCUT2D eigenvalue weighted by Gasteiger charge is 2.34. The van der Waals surface area contributed by atoms with Crippen molar-refractivity contribution >= 4 is 6.16 Å². The van der Waals surface area contributed by atoms with E-state index < -0.39 is 11.8 Å². The van der Waals surface area contributed by atoms with Gasteiger partial charge in [-0.3, -0.25) is 0 Å². The van der Waals surface area contributed by atoms with Crippen molar-refractivity contribution in [3.63, 3.8) is 0 Å². The van der Waals surface area contributed by atoms with Gasteiger partial charge in [0.15, 0.2) is 0 Å². The maximum absolute atomic E-state index is 11.4. The molecule has 2 atom stereocenters. The predicted octanol–water partition coefficient (Wildman–Crippen LogP) is 2.82. The lowest BCUT2D eigenvalue weighted by atomic mass is 10.1. The van der Waals surface area contributed by atoms with Gasteiger partial charge in [-0.25, -0.2) is 4.79 Å². The van der Waals surface area contributed by atoms with Crippen LogP contribution in [0.2, 0.25) is 0 Å². The summed E-state index contributed by atoms with van der Waals surface area (Å²) in [6.07, 6.45) is 0.352. The summed E-state index contributed by atoms with van der Waals surface area (Å²) in [5, 5.41) is 0. The molecule has 1 aromatic carbocycles. The van der Waals surface area contributed by atoms with E-state index in [1.165, 1.54) is 5.56 Å². The topological polar surface area (TPSA) is 61.5 Å². The third-order valence-corrected chi connectivity index (χ3v) is 2.74. The minimum Gasteiger partial charge on any atom is -0.428 e. The molecule has 1 aliphatic carbocycles. The van der Waals surface area contributed by atoms with Crippen molar-refractivity contribution in [1.82, 2.24) is 0 Å². The number of carbonyl (C=O) groups is 1. The lowest BCUT2D eigenvalue weighted by Crippen LogP contribution is -2.25. The summed E-state index contributed by atoms with van der Waals surface area (Å²) in [6, 6.07) is 7.70. The van der Waals surface area contributed by atoms with E-state index in [1.807, 2.05) is 12.1 Å². The van der Waals surface area contributed by atoms with Crippen LogP contribution in [0.15, 0.2) is 24.3 Å². The minimum atomic E-state index is -0.682. The zero-order valence-electron chi connectivity index (χ0n) is 11.0. The van der Waals surface area contributed by atoms with Gasteiger partial charge in [0.2, 0.25) is 0 Å². The molecule has 0 spiro atoms. The molecule has 4 heteroatoms. The monoisotopic (exact) mass is 249 g/mol. The highest BCUT2D eigenvalue weighted by molar-refractivity contribution is 5.64. The molecule has 0 bridgehead atoms. The molecule has 0 saturated heterocycles. The van der Waals surface area contributed by atoms with E-state index >= 15 is 0 Å². The molecule has 98 valence electrons. The molecule has 1 fully saturated rings. The second-order valence-electron chi connectivity index (χ2n) is 5.64. The average Bonchev–Trinajstić information content (AvgIpc) is 2.93. The van der Waals surface area contributed by atoms with Gasteiger partial charge in [-0.2, -0.15) is 0 Å². The third kappa shape index (κ3) is 3.47. The van der Waals surface area contributed by atoms with Crippen molar-refractivity contribution in [3.05, 3.63) is 29.8 Å². The molecule has 2 unspecified atom stereocenters. The summed E-state index contributed by atoms with van der Waals surface area (Å²) in [6.45, 7) is 5.39. The van der Waals surface area contributed by atoms with Gasteiger partial charge < -0.3 is 15.2 Å². The Morgan fingerprint density at radius 1 is 1.28 bits per heavy atom. The van der Waals surface area contributed by atoms with Crippen LogP contribution in [-0.4, -0.2) is 17.8 Å². The molecule has 18 heavy (non-hydrogen) atoms. The first-order valence-corrected chi connectivity index (χ1v) is 6.11. The highest BCUT2D eigenvalue weighted by Crippen LogP contribution is 2.39. The van der Waals surface area contributed by atoms with Crippen LogP contribution in [-0.2, 0) is 4.74 Å². The van der Waals surface area contributed by atoms with Gasteiger partial charge in [-0.05, 0) is 44.9 Å². The SMILES string of the molecule is CC(C)(C)OC(=O)Oc1ccc(C2CC2N)cc1. The number of hydrogen-bond donors (Lipinski definition) is 1. The number of benzene rings is 1. The lowest BCUT2D eigenvalue weighted by Gasteiger charge is -2.18. The summed E-state index contributed by atoms with van der Waals surface area (Å²) in [4.78, 5) is 11.4. The Balaban J connectivity index is 1.92. The fraction of sp³-hybridized carbons (Fsp3) is 0.500. The third-order valence-electron chi connectivity index (χ3n) is 2.74. The quantitative estimate of drug-likeness (QED) is 0.646. The van der Waals surface area contributed by atoms with Gasteiger partial charge in [0.1, 0.15) is 11.4 Å². The molecule has 4 nitrogen and oxygen atoms in total. The van der Waals surface area contributed by atoms with Crippen molar-refractivity contribution in [3.8, 4) is 5.75 Å². The first kappa shape index (κ1) is 12.9. The fourth-order valence-corrected chi connectivity index (χ4v) is 1.75. The molecule has 0 amide bonds. The minimum absolute atomic E-state index is 0.280. The summed E-state index contributed by atoms with van der Waals surface area (Å²) >= 11 is 0. The molecule has 2 N–H and O–H groups in total. The van der Waals surface area contributed by atoms with E-state index in [-0.39, 0.29) is 6.04 Å². The van der Waals surface area contributed by atoms with Crippen LogP contribution in [0.4, 0.5) is 4.79 Å². The van der Waals surface area contributed by atoms with Crippen LogP contribution in [0.3, 0.4) is 0 Å². The fourth-order valence-electron chi connectivity index (χ4n) is 1.75. The summed E-state index contributed by atoms with van der Waals surface area (Å²) in [5.74, 6) is 0.947. The summed E-state index contributed by atoms with van der Waals surface area (Å²) < 4.78 is 10.1. The Morgan fingerprint density at radius 3 is 2.28 bits per heavy atom. The highest BCUT2D eigenvalue weighted by atomic mass is 16.7. The molecule has 2 rings (SSSR count). The number of ether oxygens (including phenoxy) is 2. The van der Waals surface area contributed by atoms with Gasteiger partial charge in [0, 0.05) is 12.0 Å². The number of hydrogen-bond acceptors (Lipinski definition) is 4. The number of carbonyl (C=O) groups excluding carboxylic acids is 1. The Morgan fingerprint density at radius 2 is 1.83 bits per heavy atom. The van der Waals surface area contributed by atoms with Crippen LogP contribution in [0.25, 0.3) is 0 Å². The van der Waals surface area contributed by atoms with Crippen molar-refractivity contribution in [2.45, 2.75) is 44.8 Å². The Kier molecular flexibility index (Phi) is 3.30. The zero-order chi connectivity index (χ0) is 13.3. The van der Waals surface area contributed by atoms with E-state index in [0.717, 1.165) is 6.42 Å². The molecular weight excluding hydrogens is 230 g/mol. The zero-order valence-corrected chi connectivity index (χ0v) is 11.0. The van der Waals surface area contributed by atoms with Gasteiger partial charge >= 0.3 is 6.16 Å². The van der Waals surface area contributed by atoms with Crippen LogP contribution < -0.4 is 10.5 Å². The molecule has 1 saturated carbocycles. The first-order chi connectivity index (χ1) is 8.35. The Bertz CT molecular complexity index is 433. The normalized spacial score (nSPS) is 22.4. The van der Waals surface area contributed by atoms with Crippen molar-refractivity contribution in [2.24, 2.45) is 5.73 Å². The summed E-state index contributed by atoms with van der Waals surface area (Å²) in [5.41, 5.74) is 6.43. The molecule has 1 aliphatic rings. The van der Waals surface area contributed by atoms with Crippen LogP contribution >= 0.6 is 0 Å². The molecular formula is C14H19NO3. The molecule has 0 heterocycles. The maximum Gasteiger partial charge on any atom is 0.514 e. The van der Waals surface area contributed by atoms with Crippen LogP contribution in [0.5, 0.6) is 5.75 Å². The van der Waals surface area contributed by atoms with E-state index in [0.29, 0.717) is 11.7 Å². The van der Waals surface area contributed by atoms with E-state index in [4.69, 9.17) is 15.2 Å². The second-order valence-corrected chi connectivity index (χ2v) is 5.64. The molecule has 0 aliphatic heterocycles. The van der Waals surface area contributed by atoms with Gasteiger partial charge in [-0.1, -0.05) is 12.1 Å². The van der Waals surface area contributed by atoms with Gasteiger partial charge in [-0.15, -0.1) is 0 Å². The predicted molar refractivity (Wildman–Crippen MR) is 68.6 cm³/mol. The average molecular weight is 249 g/mol. The van der Waals surface area contributed by atoms with Crippen molar-refractivity contribution < 1.29 is 14.3 Å². The Hall–Kier alpha value is -1.55. The van der Waals surface area contributed by atoms with E-state index in [2.05, 4.69) is 0 Å². The molecule has 0 aromatic heterocycles. The van der Waals surface area contributed by atoms with E-state index in [9.17, 15) is 4.79 Å². The number of rotatable bonds is 2. The smallest absolute Gasteiger partial charge is 0.428 e. The molecule has 0 radical (unpaired) electrons. The second kappa shape index (κ2) is 4.61. The van der Waals surface area contributed by atoms with Gasteiger partial charge in [0.05, 0.1) is 0 Å². The lowest BCUT2D eigenvalue weighted by molar-refractivity contribution is 0.0206. The van der Waals surface area contributed by atoms with Crippen molar-refractivity contribution in [2.75, 3.05) is 0 Å². The standard InChI is InChI=1S/C14H19NO3/c1-14(2,3)18-13(16)17-10-6-4-9(5-7-10)11-8-12(11)15/h4-7,11-12H,8,15H2,1-3H3. The van der Waals surface area contributed by atoms with E-state index in [1.54, 1.807) is 32.9 Å². The Labute approximate surface area is 107 Å². The molecule has 1 aromatic rings. The first-order valence-electron chi connectivity index (χ1n) is 6.11. The van der Waals surface area contributed by atoms with Crippen molar-refractivity contribution in [1.29, 1.82) is 0 Å². The number of nitrogens with two attached hydrogens (primary N) is 1. The largest absolute Gasteiger partial charge is 0.514 e. The van der Waals surface area contributed by atoms with Gasteiger partial charge in [0.25, 0.3) is 0 Å². The summed E-state index contributed by atoms with van der Waals surface area (Å²) in [7, 11) is 0. The van der Waals surface area contributed by atoms with Crippen LogP contribution in [0, 0.1) is 0 Å². The van der Waals surface area contributed by atoms with Crippen LogP contribution in [0.1, 0.15) is 38.7 Å². The maximum atomic E-state index is 11.4.